The van der Waals surface area contributed by atoms with Gasteiger partial charge in [0.25, 0.3) is 0 Å². The van der Waals surface area contributed by atoms with Crippen LogP contribution in [0.2, 0.25) is 0 Å². The number of hydrogen-bond donors (Lipinski definition) is 1. The molecule has 2 nitrogen and oxygen atoms in total. The van der Waals surface area contributed by atoms with E-state index in [9.17, 15) is 0 Å². The molecule has 0 aromatic rings. The first-order valence-corrected chi connectivity index (χ1v) is 4.18. The smallest absolute Gasteiger partial charge is 0.0429 e. The molecule has 2 heteroatoms. The van der Waals surface area contributed by atoms with Gasteiger partial charge < -0.3 is 5.32 Å². The van der Waals surface area contributed by atoms with Crippen molar-refractivity contribution in [3.8, 4) is 0 Å². The van der Waals surface area contributed by atoms with E-state index in [2.05, 4.69) is 31.0 Å². The lowest BCUT2D eigenvalue weighted by atomic mass is 9.93. The van der Waals surface area contributed by atoms with Gasteiger partial charge in [0.2, 0.25) is 0 Å². The molecule has 1 aliphatic heterocycles. The lowest BCUT2D eigenvalue weighted by molar-refractivity contribution is 0.0638. The van der Waals surface area contributed by atoms with Gasteiger partial charge in [-0.2, -0.15) is 0 Å². The lowest BCUT2D eigenvalue weighted by Crippen LogP contribution is -2.66. The predicted molar refractivity (Wildman–Crippen MR) is 44.2 cm³/mol. The van der Waals surface area contributed by atoms with Gasteiger partial charge in [-0.1, -0.05) is 13.8 Å². The minimum Gasteiger partial charge on any atom is -0.313 e. The van der Waals surface area contributed by atoms with E-state index in [1.807, 2.05) is 0 Å². The largest absolute Gasteiger partial charge is 0.313 e. The molecule has 1 N–H and O–H groups in total. The zero-order chi connectivity index (χ0) is 7.61. The van der Waals surface area contributed by atoms with E-state index in [4.69, 9.17) is 0 Å². The fraction of sp³-hybridized carbons (Fsp3) is 1.00. The first kappa shape index (κ1) is 8.02. The van der Waals surface area contributed by atoms with Crippen LogP contribution >= 0.6 is 0 Å². The third kappa shape index (κ3) is 1.18. The van der Waals surface area contributed by atoms with Crippen molar-refractivity contribution in [3.05, 3.63) is 0 Å². The van der Waals surface area contributed by atoms with Gasteiger partial charge in [0.05, 0.1) is 0 Å². The van der Waals surface area contributed by atoms with Crippen molar-refractivity contribution in [1.29, 1.82) is 0 Å². The third-order valence-corrected chi connectivity index (χ3v) is 2.54. The normalized spacial score (nSPS) is 22.8. The van der Waals surface area contributed by atoms with E-state index in [1.54, 1.807) is 0 Å². The van der Waals surface area contributed by atoms with Crippen molar-refractivity contribution in [2.45, 2.75) is 26.3 Å². The quantitative estimate of drug-likeness (QED) is 0.623. The van der Waals surface area contributed by atoms with Gasteiger partial charge in [-0.15, -0.1) is 0 Å². The number of hydrogen-bond acceptors (Lipinski definition) is 2. The van der Waals surface area contributed by atoms with Crippen LogP contribution in [-0.4, -0.2) is 36.6 Å². The molecule has 0 aliphatic carbocycles. The van der Waals surface area contributed by atoms with E-state index in [0.717, 1.165) is 13.1 Å². The molecule has 0 amide bonds. The number of rotatable bonds is 3. The Balaban J connectivity index is 2.43. The Morgan fingerprint density at radius 2 is 1.80 bits per heavy atom. The Morgan fingerprint density at radius 3 is 1.90 bits per heavy atom. The van der Waals surface area contributed by atoms with Gasteiger partial charge in [0.15, 0.2) is 0 Å². The summed E-state index contributed by atoms with van der Waals surface area (Å²) in [6, 6.07) is 0. The summed E-state index contributed by atoms with van der Waals surface area (Å²) in [5.74, 6) is 0. The first-order valence-electron chi connectivity index (χ1n) is 4.18. The Labute approximate surface area is 63.6 Å². The van der Waals surface area contributed by atoms with Crippen LogP contribution in [0.4, 0.5) is 0 Å². The SMILES string of the molecule is CCN(CC)C1(C)CNC1. The van der Waals surface area contributed by atoms with E-state index < -0.39 is 0 Å². The van der Waals surface area contributed by atoms with Crippen molar-refractivity contribution >= 4 is 0 Å². The molecule has 0 radical (unpaired) electrons. The molecule has 1 aliphatic rings. The molecule has 0 bridgehead atoms. The van der Waals surface area contributed by atoms with Crippen LogP contribution < -0.4 is 5.32 Å². The molecule has 1 fully saturated rings. The molecule has 1 saturated heterocycles. The van der Waals surface area contributed by atoms with Gasteiger partial charge in [0, 0.05) is 18.6 Å². The fourth-order valence-corrected chi connectivity index (χ4v) is 1.70. The lowest BCUT2D eigenvalue weighted by Gasteiger charge is -2.47. The van der Waals surface area contributed by atoms with Crippen molar-refractivity contribution in [2.75, 3.05) is 26.2 Å². The van der Waals surface area contributed by atoms with Crippen LogP contribution in [0.15, 0.2) is 0 Å². The summed E-state index contributed by atoms with van der Waals surface area (Å²) in [5, 5.41) is 3.31. The summed E-state index contributed by atoms with van der Waals surface area (Å²) < 4.78 is 0. The molecule has 1 heterocycles. The van der Waals surface area contributed by atoms with Gasteiger partial charge in [-0.05, 0) is 20.0 Å². The Morgan fingerprint density at radius 1 is 1.30 bits per heavy atom. The van der Waals surface area contributed by atoms with E-state index in [1.165, 1.54) is 13.1 Å². The van der Waals surface area contributed by atoms with Crippen LogP contribution in [0.25, 0.3) is 0 Å². The van der Waals surface area contributed by atoms with Crippen molar-refractivity contribution < 1.29 is 0 Å². The number of likely N-dealkylation sites (N-methyl/N-ethyl adjacent to an activating group) is 1. The van der Waals surface area contributed by atoms with E-state index in [0.29, 0.717) is 5.54 Å². The topological polar surface area (TPSA) is 15.3 Å². The summed E-state index contributed by atoms with van der Waals surface area (Å²) in [6.07, 6.45) is 0. The second-order valence-corrected chi connectivity index (χ2v) is 3.27. The molecular formula is C8H18N2. The highest BCUT2D eigenvalue weighted by molar-refractivity contribution is 4.97. The molecule has 10 heavy (non-hydrogen) atoms. The molecule has 0 saturated carbocycles. The summed E-state index contributed by atoms with van der Waals surface area (Å²) in [7, 11) is 0. The second kappa shape index (κ2) is 2.89. The predicted octanol–water partition coefficient (Wildman–Crippen LogP) is 0.690. The molecule has 0 unspecified atom stereocenters. The number of nitrogens with zero attached hydrogens (tertiary/aromatic N) is 1. The molecular weight excluding hydrogens is 124 g/mol. The summed E-state index contributed by atoms with van der Waals surface area (Å²) in [4.78, 5) is 2.52. The highest BCUT2D eigenvalue weighted by atomic mass is 15.3. The van der Waals surface area contributed by atoms with Crippen LogP contribution in [0.5, 0.6) is 0 Å². The zero-order valence-electron chi connectivity index (χ0n) is 7.28. The van der Waals surface area contributed by atoms with Crippen molar-refractivity contribution in [2.24, 2.45) is 0 Å². The monoisotopic (exact) mass is 142 g/mol. The van der Waals surface area contributed by atoms with Crippen molar-refractivity contribution in [3.63, 3.8) is 0 Å². The average molecular weight is 142 g/mol. The van der Waals surface area contributed by atoms with Gasteiger partial charge in [-0.3, -0.25) is 4.90 Å². The highest BCUT2D eigenvalue weighted by Crippen LogP contribution is 2.18. The maximum absolute atomic E-state index is 3.31. The maximum atomic E-state index is 3.31. The minimum atomic E-state index is 0.462. The molecule has 1 rings (SSSR count). The van der Waals surface area contributed by atoms with E-state index in [-0.39, 0.29) is 0 Å². The van der Waals surface area contributed by atoms with Crippen LogP contribution in [0.1, 0.15) is 20.8 Å². The fourth-order valence-electron chi connectivity index (χ4n) is 1.70. The van der Waals surface area contributed by atoms with Gasteiger partial charge in [0.1, 0.15) is 0 Å². The Bertz CT molecular complexity index is 104. The summed E-state index contributed by atoms with van der Waals surface area (Å²) in [5.41, 5.74) is 0.462. The van der Waals surface area contributed by atoms with Crippen LogP contribution in [0, 0.1) is 0 Å². The molecule has 0 aromatic carbocycles. The summed E-state index contributed by atoms with van der Waals surface area (Å²) >= 11 is 0. The molecule has 0 spiro atoms. The zero-order valence-corrected chi connectivity index (χ0v) is 7.28. The van der Waals surface area contributed by atoms with Crippen LogP contribution in [-0.2, 0) is 0 Å². The van der Waals surface area contributed by atoms with Crippen LogP contribution in [0.3, 0.4) is 0 Å². The maximum Gasteiger partial charge on any atom is 0.0429 e. The molecule has 0 atom stereocenters. The van der Waals surface area contributed by atoms with Gasteiger partial charge in [-0.25, -0.2) is 0 Å². The number of nitrogens with one attached hydrogen (secondary N) is 1. The molecule has 60 valence electrons. The highest BCUT2D eigenvalue weighted by Gasteiger charge is 2.35. The van der Waals surface area contributed by atoms with Gasteiger partial charge >= 0.3 is 0 Å². The Kier molecular flexibility index (Phi) is 2.32. The van der Waals surface area contributed by atoms with Crippen molar-refractivity contribution in [1.82, 2.24) is 10.2 Å². The molecule has 0 aromatic heterocycles. The Hall–Kier alpha value is -0.0800. The second-order valence-electron chi connectivity index (χ2n) is 3.27. The minimum absolute atomic E-state index is 0.462. The standard InChI is InChI=1S/C8H18N2/c1-4-10(5-2)8(3)6-9-7-8/h9H,4-7H2,1-3H3. The summed E-state index contributed by atoms with van der Waals surface area (Å²) in [6.45, 7) is 11.5. The van der Waals surface area contributed by atoms with E-state index >= 15 is 0 Å². The average Bonchev–Trinajstić information content (AvgIpc) is 1.87. The first-order chi connectivity index (χ1) is 4.73. The third-order valence-electron chi connectivity index (χ3n) is 2.54.